The normalized spacial score (nSPS) is 12.2. The molecular formula is C18H25N3O2S. The lowest BCUT2D eigenvalue weighted by molar-refractivity contribution is 0.229. The van der Waals surface area contributed by atoms with E-state index >= 15 is 0 Å². The maximum Gasteiger partial charge on any atom is 0.315 e. The molecule has 130 valence electrons. The fourth-order valence-corrected chi connectivity index (χ4v) is 3.22. The number of hydrogen-bond acceptors (Lipinski definition) is 4. The summed E-state index contributed by atoms with van der Waals surface area (Å²) in [5.41, 5.74) is 2.00. The zero-order chi connectivity index (χ0) is 17.4. The SMILES string of the molecule is CC(C)c1nc(CCNC(=O)N[C@H](CCO)c2ccccc2)cs1. The van der Waals surface area contributed by atoms with Crippen molar-refractivity contribution in [3.63, 3.8) is 0 Å². The molecule has 2 rings (SSSR count). The van der Waals surface area contributed by atoms with Gasteiger partial charge in [-0.25, -0.2) is 9.78 Å². The molecule has 2 aromatic rings. The van der Waals surface area contributed by atoms with E-state index in [2.05, 4.69) is 29.5 Å². The first-order valence-electron chi connectivity index (χ1n) is 8.24. The number of benzene rings is 1. The van der Waals surface area contributed by atoms with Crippen molar-refractivity contribution in [2.75, 3.05) is 13.2 Å². The first kappa shape index (κ1) is 18.4. The van der Waals surface area contributed by atoms with Gasteiger partial charge in [-0.05, 0) is 12.0 Å². The summed E-state index contributed by atoms with van der Waals surface area (Å²) in [6, 6.07) is 9.26. The Morgan fingerprint density at radius 1 is 1.29 bits per heavy atom. The van der Waals surface area contributed by atoms with E-state index in [0.717, 1.165) is 16.3 Å². The van der Waals surface area contributed by atoms with E-state index in [0.29, 0.717) is 25.3 Å². The summed E-state index contributed by atoms with van der Waals surface area (Å²) in [5, 5.41) is 18.2. The van der Waals surface area contributed by atoms with Gasteiger partial charge in [-0.1, -0.05) is 44.2 Å². The number of nitrogens with one attached hydrogen (secondary N) is 2. The molecule has 0 fully saturated rings. The van der Waals surface area contributed by atoms with Gasteiger partial charge < -0.3 is 15.7 Å². The molecule has 1 aromatic carbocycles. The van der Waals surface area contributed by atoms with Crippen LogP contribution in [0.1, 0.15) is 48.5 Å². The van der Waals surface area contributed by atoms with E-state index in [1.54, 1.807) is 11.3 Å². The molecule has 5 nitrogen and oxygen atoms in total. The number of carbonyl (C=O) groups excluding carboxylic acids is 1. The van der Waals surface area contributed by atoms with E-state index in [1.807, 2.05) is 35.7 Å². The molecule has 0 unspecified atom stereocenters. The van der Waals surface area contributed by atoms with E-state index in [-0.39, 0.29) is 18.7 Å². The molecule has 1 heterocycles. The highest BCUT2D eigenvalue weighted by molar-refractivity contribution is 7.09. The van der Waals surface area contributed by atoms with Gasteiger partial charge in [0.05, 0.1) is 16.7 Å². The van der Waals surface area contributed by atoms with Gasteiger partial charge in [0.2, 0.25) is 0 Å². The number of aromatic nitrogens is 1. The third kappa shape index (κ3) is 5.62. The summed E-state index contributed by atoms with van der Waals surface area (Å²) in [4.78, 5) is 16.6. The summed E-state index contributed by atoms with van der Waals surface area (Å²) in [6.07, 6.45) is 1.20. The van der Waals surface area contributed by atoms with Gasteiger partial charge in [-0.2, -0.15) is 0 Å². The quantitative estimate of drug-likeness (QED) is 0.686. The minimum atomic E-state index is -0.225. The fraction of sp³-hybridized carbons (Fsp3) is 0.444. The number of aliphatic hydroxyl groups excluding tert-OH is 1. The zero-order valence-corrected chi connectivity index (χ0v) is 15.0. The lowest BCUT2D eigenvalue weighted by Gasteiger charge is -2.18. The van der Waals surface area contributed by atoms with Crippen molar-refractivity contribution in [2.24, 2.45) is 0 Å². The van der Waals surface area contributed by atoms with Crippen molar-refractivity contribution in [3.05, 3.63) is 52.0 Å². The van der Waals surface area contributed by atoms with Crippen LogP contribution in [0.15, 0.2) is 35.7 Å². The predicted octanol–water partition coefficient (Wildman–Crippen LogP) is 3.23. The van der Waals surface area contributed by atoms with Crippen LogP contribution < -0.4 is 10.6 Å². The van der Waals surface area contributed by atoms with E-state index < -0.39 is 0 Å². The average Bonchev–Trinajstić information content (AvgIpc) is 3.04. The molecule has 1 aromatic heterocycles. The van der Waals surface area contributed by atoms with Crippen molar-refractivity contribution < 1.29 is 9.90 Å². The minimum absolute atomic E-state index is 0.0244. The Morgan fingerprint density at radius 3 is 2.67 bits per heavy atom. The molecule has 24 heavy (non-hydrogen) atoms. The summed E-state index contributed by atoms with van der Waals surface area (Å²) in [5.74, 6) is 0.435. The summed E-state index contributed by atoms with van der Waals surface area (Å²) in [7, 11) is 0. The third-order valence-corrected chi connectivity index (χ3v) is 4.85. The maximum absolute atomic E-state index is 12.1. The van der Waals surface area contributed by atoms with Crippen LogP contribution in [0.5, 0.6) is 0 Å². The van der Waals surface area contributed by atoms with Gasteiger partial charge >= 0.3 is 6.03 Å². The lowest BCUT2D eigenvalue weighted by atomic mass is 10.0. The molecule has 0 spiro atoms. The second-order valence-electron chi connectivity index (χ2n) is 5.96. The number of rotatable bonds is 8. The second-order valence-corrected chi connectivity index (χ2v) is 6.85. The molecular weight excluding hydrogens is 322 g/mol. The van der Waals surface area contributed by atoms with Crippen LogP contribution >= 0.6 is 11.3 Å². The topological polar surface area (TPSA) is 74.2 Å². The summed E-state index contributed by atoms with van der Waals surface area (Å²) < 4.78 is 0. The van der Waals surface area contributed by atoms with Gasteiger partial charge in [-0.3, -0.25) is 0 Å². The van der Waals surface area contributed by atoms with Crippen molar-refractivity contribution >= 4 is 17.4 Å². The highest BCUT2D eigenvalue weighted by atomic mass is 32.1. The van der Waals surface area contributed by atoms with Gasteiger partial charge in [0.15, 0.2) is 0 Å². The van der Waals surface area contributed by atoms with Crippen molar-refractivity contribution in [2.45, 2.75) is 38.6 Å². The minimum Gasteiger partial charge on any atom is -0.396 e. The number of aliphatic hydroxyl groups is 1. The van der Waals surface area contributed by atoms with Gasteiger partial charge in [0.1, 0.15) is 0 Å². The van der Waals surface area contributed by atoms with E-state index in [9.17, 15) is 9.90 Å². The van der Waals surface area contributed by atoms with Crippen molar-refractivity contribution in [1.29, 1.82) is 0 Å². The Kier molecular flexibility index (Phi) is 7.21. The summed E-state index contributed by atoms with van der Waals surface area (Å²) >= 11 is 1.66. The Hall–Kier alpha value is -1.92. The molecule has 0 radical (unpaired) electrons. The van der Waals surface area contributed by atoms with Gasteiger partial charge in [-0.15, -0.1) is 11.3 Å². The fourth-order valence-electron chi connectivity index (χ4n) is 2.35. The van der Waals surface area contributed by atoms with Crippen molar-refractivity contribution in [3.8, 4) is 0 Å². The highest BCUT2D eigenvalue weighted by Gasteiger charge is 2.13. The second kappa shape index (κ2) is 9.39. The molecule has 1 atom stereocenters. The number of carbonyl (C=O) groups is 1. The third-order valence-electron chi connectivity index (χ3n) is 3.66. The predicted molar refractivity (Wildman–Crippen MR) is 97.3 cm³/mol. The molecule has 0 bridgehead atoms. The Labute approximate surface area is 147 Å². The van der Waals surface area contributed by atoms with Crippen LogP contribution in [0.3, 0.4) is 0 Å². The highest BCUT2D eigenvalue weighted by Crippen LogP contribution is 2.19. The average molecular weight is 347 g/mol. The number of urea groups is 1. The molecule has 2 amide bonds. The Morgan fingerprint density at radius 2 is 2.04 bits per heavy atom. The zero-order valence-electron chi connectivity index (χ0n) is 14.2. The van der Waals surface area contributed by atoms with Gasteiger partial charge in [0, 0.05) is 30.9 Å². The number of thiazole rings is 1. The van der Waals surface area contributed by atoms with Gasteiger partial charge in [0.25, 0.3) is 0 Å². The molecule has 0 aliphatic heterocycles. The Balaban J connectivity index is 1.80. The Bertz CT molecular complexity index is 628. The summed E-state index contributed by atoms with van der Waals surface area (Å²) in [6.45, 7) is 4.81. The van der Waals surface area contributed by atoms with Crippen molar-refractivity contribution in [1.82, 2.24) is 15.6 Å². The van der Waals surface area contributed by atoms with Crippen LogP contribution in [-0.2, 0) is 6.42 Å². The molecule has 0 aliphatic carbocycles. The number of hydrogen-bond donors (Lipinski definition) is 3. The number of nitrogens with zero attached hydrogens (tertiary/aromatic N) is 1. The van der Waals surface area contributed by atoms with Crippen LogP contribution in [0.2, 0.25) is 0 Å². The molecule has 3 N–H and O–H groups in total. The lowest BCUT2D eigenvalue weighted by Crippen LogP contribution is -2.39. The molecule has 0 saturated heterocycles. The van der Waals surface area contributed by atoms with Crippen LogP contribution in [0, 0.1) is 0 Å². The number of amides is 2. The largest absolute Gasteiger partial charge is 0.396 e. The van der Waals surface area contributed by atoms with Crippen LogP contribution in [0.4, 0.5) is 4.79 Å². The van der Waals surface area contributed by atoms with E-state index in [4.69, 9.17) is 0 Å². The maximum atomic E-state index is 12.1. The molecule has 6 heteroatoms. The monoisotopic (exact) mass is 347 g/mol. The molecule has 0 saturated carbocycles. The molecule has 0 aliphatic rings. The van der Waals surface area contributed by atoms with Crippen LogP contribution in [-0.4, -0.2) is 29.3 Å². The first-order valence-corrected chi connectivity index (χ1v) is 9.12. The smallest absolute Gasteiger partial charge is 0.315 e. The first-order chi connectivity index (χ1) is 11.6. The van der Waals surface area contributed by atoms with Crippen LogP contribution in [0.25, 0.3) is 0 Å². The standard InChI is InChI=1S/C18H25N3O2S/c1-13(2)17-20-15(12-24-17)8-10-19-18(23)21-16(9-11-22)14-6-4-3-5-7-14/h3-7,12-13,16,22H,8-11H2,1-2H3,(H2,19,21,23)/t16-/m1/s1. The van der Waals surface area contributed by atoms with E-state index in [1.165, 1.54) is 0 Å².